The van der Waals surface area contributed by atoms with E-state index in [-0.39, 0.29) is 16.9 Å². The monoisotopic (exact) mass is 419 g/mol. The molecule has 3 nitrogen and oxygen atoms in total. The van der Waals surface area contributed by atoms with E-state index in [0.717, 1.165) is 22.7 Å². The molecule has 0 N–H and O–H groups in total. The van der Waals surface area contributed by atoms with Crippen molar-refractivity contribution in [2.75, 3.05) is 4.90 Å². The standard InChI is InChI=1S/C26H26ClNO2/c1-18-7-13-23-22(16-18)26(4,19-8-10-20(27)11-9-19)17-25(2,3)28(23)24(29)14-12-21-6-5-15-30-21/h5-16H,17H2,1-4H3. The molecule has 1 aliphatic rings. The predicted molar refractivity (Wildman–Crippen MR) is 123 cm³/mol. The topological polar surface area (TPSA) is 33.5 Å². The number of halogens is 1. The lowest BCUT2D eigenvalue weighted by molar-refractivity contribution is -0.115. The van der Waals surface area contributed by atoms with E-state index < -0.39 is 0 Å². The van der Waals surface area contributed by atoms with Crippen molar-refractivity contribution < 1.29 is 9.21 Å². The Hall–Kier alpha value is -2.78. The van der Waals surface area contributed by atoms with Crippen molar-refractivity contribution in [1.29, 1.82) is 0 Å². The van der Waals surface area contributed by atoms with Gasteiger partial charge < -0.3 is 9.32 Å². The van der Waals surface area contributed by atoms with Crippen LogP contribution in [0.3, 0.4) is 0 Å². The summed E-state index contributed by atoms with van der Waals surface area (Å²) in [6.07, 6.45) is 5.71. The number of carbonyl (C=O) groups excluding carboxylic acids is 1. The van der Waals surface area contributed by atoms with E-state index in [1.807, 2.05) is 29.2 Å². The van der Waals surface area contributed by atoms with Crippen molar-refractivity contribution in [2.45, 2.75) is 45.1 Å². The van der Waals surface area contributed by atoms with Crippen LogP contribution in [0.1, 0.15) is 49.6 Å². The molecule has 30 heavy (non-hydrogen) atoms. The molecule has 0 saturated heterocycles. The molecule has 0 spiro atoms. The van der Waals surface area contributed by atoms with Gasteiger partial charge in [0, 0.05) is 27.7 Å². The Morgan fingerprint density at radius 3 is 2.50 bits per heavy atom. The number of hydrogen-bond donors (Lipinski definition) is 0. The molecule has 1 aromatic heterocycles. The van der Waals surface area contributed by atoms with Crippen molar-refractivity contribution >= 4 is 29.3 Å². The zero-order valence-electron chi connectivity index (χ0n) is 17.8. The maximum Gasteiger partial charge on any atom is 0.251 e. The molecule has 2 heterocycles. The van der Waals surface area contributed by atoms with Crippen LogP contribution in [0.15, 0.2) is 71.4 Å². The molecule has 1 unspecified atom stereocenters. The molecule has 154 valence electrons. The predicted octanol–water partition coefficient (Wildman–Crippen LogP) is 6.78. The summed E-state index contributed by atoms with van der Waals surface area (Å²) >= 11 is 6.15. The van der Waals surface area contributed by atoms with Gasteiger partial charge in [-0.25, -0.2) is 0 Å². The van der Waals surface area contributed by atoms with Gasteiger partial charge in [-0.3, -0.25) is 4.79 Å². The van der Waals surface area contributed by atoms with Crippen molar-refractivity contribution in [3.63, 3.8) is 0 Å². The van der Waals surface area contributed by atoms with Crippen LogP contribution < -0.4 is 4.90 Å². The van der Waals surface area contributed by atoms with Gasteiger partial charge in [-0.15, -0.1) is 0 Å². The lowest BCUT2D eigenvalue weighted by Gasteiger charge is -2.51. The molecule has 0 saturated carbocycles. The van der Waals surface area contributed by atoms with Crippen molar-refractivity contribution in [3.05, 3.63) is 94.4 Å². The summed E-state index contributed by atoms with van der Waals surface area (Å²) < 4.78 is 5.34. The Morgan fingerprint density at radius 2 is 1.83 bits per heavy atom. The Bertz CT molecular complexity index is 1100. The molecule has 4 heteroatoms. The van der Waals surface area contributed by atoms with E-state index in [4.69, 9.17) is 16.0 Å². The lowest BCUT2D eigenvalue weighted by Crippen LogP contribution is -2.55. The highest BCUT2D eigenvalue weighted by atomic mass is 35.5. The third-order valence-corrected chi connectivity index (χ3v) is 6.27. The number of anilines is 1. The summed E-state index contributed by atoms with van der Waals surface area (Å²) in [4.78, 5) is 15.2. The fourth-order valence-corrected chi connectivity index (χ4v) is 4.88. The van der Waals surface area contributed by atoms with E-state index >= 15 is 0 Å². The fourth-order valence-electron chi connectivity index (χ4n) is 4.76. The first-order valence-corrected chi connectivity index (χ1v) is 10.5. The molecule has 1 aliphatic heterocycles. The Balaban J connectivity index is 1.83. The number of rotatable bonds is 3. The number of carbonyl (C=O) groups is 1. The molecular weight excluding hydrogens is 394 g/mol. The molecule has 0 fully saturated rings. The minimum Gasteiger partial charge on any atom is -0.465 e. The van der Waals surface area contributed by atoms with E-state index in [1.165, 1.54) is 11.1 Å². The van der Waals surface area contributed by atoms with Crippen LogP contribution in [0.4, 0.5) is 5.69 Å². The Morgan fingerprint density at radius 1 is 1.10 bits per heavy atom. The second-order valence-corrected chi connectivity index (χ2v) is 9.31. The second kappa shape index (κ2) is 7.48. The normalized spacial score (nSPS) is 20.4. The first kappa shape index (κ1) is 20.5. The first-order chi connectivity index (χ1) is 14.2. The van der Waals surface area contributed by atoms with Crippen LogP contribution in [-0.4, -0.2) is 11.4 Å². The second-order valence-electron chi connectivity index (χ2n) is 8.87. The summed E-state index contributed by atoms with van der Waals surface area (Å²) in [7, 11) is 0. The number of benzene rings is 2. The zero-order chi connectivity index (χ0) is 21.5. The number of aryl methyl sites for hydroxylation is 1. The average molecular weight is 420 g/mol. The SMILES string of the molecule is Cc1ccc2c(c1)C(C)(c1ccc(Cl)cc1)CC(C)(C)N2C(=O)C=Cc1ccco1. The van der Waals surface area contributed by atoms with Gasteiger partial charge in [-0.05, 0) is 74.7 Å². The number of hydrogen-bond acceptors (Lipinski definition) is 2. The van der Waals surface area contributed by atoms with Crippen molar-refractivity contribution in [1.82, 2.24) is 0 Å². The van der Waals surface area contributed by atoms with Crippen LogP contribution in [-0.2, 0) is 10.2 Å². The van der Waals surface area contributed by atoms with Gasteiger partial charge in [0.2, 0.25) is 0 Å². The molecule has 0 bridgehead atoms. The zero-order valence-corrected chi connectivity index (χ0v) is 18.5. The van der Waals surface area contributed by atoms with Gasteiger partial charge in [0.1, 0.15) is 5.76 Å². The summed E-state index contributed by atoms with van der Waals surface area (Å²) in [5.41, 5.74) is 3.85. The molecule has 4 rings (SSSR count). The molecule has 2 aromatic carbocycles. The smallest absolute Gasteiger partial charge is 0.251 e. The number of amides is 1. The van der Waals surface area contributed by atoms with Crippen LogP contribution in [0, 0.1) is 6.92 Å². The van der Waals surface area contributed by atoms with Gasteiger partial charge in [-0.2, -0.15) is 0 Å². The summed E-state index contributed by atoms with van der Waals surface area (Å²) in [6.45, 7) is 8.60. The van der Waals surface area contributed by atoms with Crippen molar-refractivity contribution in [3.8, 4) is 0 Å². The molecule has 1 atom stereocenters. The summed E-state index contributed by atoms with van der Waals surface area (Å²) in [5, 5.41) is 0.724. The minimum atomic E-state index is -0.388. The van der Waals surface area contributed by atoms with Crippen LogP contribution in [0.2, 0.25) is 5.02 Å². The van der Waals surface area contributed by atoms with Gasteiger partial charge >= 0.3 is 0 Å². The highest BCUT2D eigenvalue weighted by molar-refractivity contribution is 6.30. The van der Waals surface area contributed by atoms with Gasteiger partial charge in [-0.1, -0.05) is 48.4 Å². The van der Waals surface area contributed by atoms with E-state index in [9.17, 15) is 4.79 Å². The molecule has 0 radical (unpaired) electrons. The van der Waals surface area contributed by atoms with E-state index in [0.29, 0.717) is 5.76 Å². The third kappa shape index (κ3) is 3.59. The summed E-state index contributed by atoms with van der Waals surface area (Å²) in [6, 6.07) is 18.1. The maximum atomic E-state index is 13.3. The molecule has 1 amide bonds. The van der Waals surface area contributed by atoms with Crippen LogP contribution in [0.5, 0.6) is 0 Å². The fraction of sp³-hybridized carbons (Fsp3) is 0.269. The largest absolute Gasteiger partial charge is 0.465 e. The van der Waals surface area contributed by atoms with Gasteiger partial charge in [0.05, 0.1) is 6.26 Å². The number of furan rings is 1. The lowest BCUT2D eigenvalue weighted by atomic mass is 9.65. The summed E-state index contributed by atoms with van der Waals surface area (Å²) in [5.74, 6) is 0.605. The van der Waals surface area contributed by atoms with Crippen molar-refractivity contribution in [2.24, 2.45) is 0 Å². The molecular formula is C26H26ClNO2. The minimum absolute atomic E-state index is 0.0559. The van der Waals surface area contributed by atoms with E-state index in [1.54, 1.807) is 18.4 Å². The Labute approximate surface area is 183 Å². The number of nitrogens with zero attached hydrogens (tertiary/aromatic N) is 1. The average Bonchev–Trinajstić information content (AvgIpc) is 3.20. The molecule has 0 aliphatic carbocycles. The van der Waals surface area contributed by atoms with Gasteiger partial charge in [0.25, 0.3) is 5.91 Å². The maximum absolute atomic E-state index is 13.3. The number of fused-ring (bicyclic) bond motifs is 1. The van der Waals surface area contributed by atoms with Gasteiger partial charge in [0.15, 0.2) is 0 Å². The molecule has 3 aromatic rings. The van der Waals surface area contributed by atoms with Crippen LogP contribution in [0.25, 0.3) is 6.08 Å². The van der Waals surface area contributed by atoms with E-state index in [2.05, 4.69) is 58.0 Å². The quantitative estimate of drug-likeness (QED) is 0.438. The first-order valence-electron chi connectivity index (χ1n) is 10.1. The highest BCUT2D eigenvalue weighted by Crippen LogP contribution is 2.50. The van der Waals surface area contributed by atoms with Crippen LogP contribution >= 0.6 is 11.6 Å². The Kier molecular flexibility index (Phi) is 5.11. The highest BCUT2D eigenvalue weighted by Gasteiger charge is 2.47. The third-order valence-electron chi connectivity index (χ3n) is 6.01.